The molecule has 94 valence electrons. The van der Waals surface area contributed by atoms with E-state index in [1.807, 2.05) is 16.8 Å². The summed E-state index contributed by atoms with van der Waals surface area (Å²) in [6, 6.07) is 6.15. The molecular weight excluding hydrogens is 246 g/mol. The number of imidazole rings is 1. The minimum absolute atomic E-state index is 0.238. The summed E-state index contributed by atoms with van der Waals surface area (Å²) in [5.41, 5.74) is 8.62. The second kappa shape index (κ2) is 5.27. The Morgan fingerprint density at radius 2 is 2.06 bits per heavy atom. The molecule has 4 nitrogen and oxygen atoms in total. The van der Waals surface area contributed by atoms with Crippen molar-refractivity contribution < 1.29 is 4.79 Å². The van der Waals surface area contributed by atoms with Crippen LogP contribution in [0.25, 0.3) is 5.69 Å². The number of aromatic nitrogens is 2. The van der Waals surface area contributed by atoms with Crippen LogP contribution in [0.1, 0.15) is 11.1 Å². The van der Waals surface area contributed by atoms with Crippen LogP contribution in [0.3, 0.4) is 0 Å². The maximum Gasteiger partial charge on any atom is 0.227 e. The van der Waals surface area contributed by atoms with Crippen LogP contribution in [0.4, 0.5) is 0 Å². The molecule has 0 spiro atoms. The Labute approximate surface area is 110 Å². The number of benzene rings is 1. The average molecular weight is 261 g/mol. The Bertz CT molecular complexity index is 557. The SMILES string of the molecule is Cc1cccc(C)c1-n1ccnc1SCC(N)=O. The van der Waals surface area contributed by atoms with E-state index in [9.17, 15) is 4.79 Å². The third-order valence-electron chi connectivity index (χ3n) is 2.63. The molecule has 0 atom stereocenters. The van der Waals surface area contributed by atoms with Gasteiger partial charge < -0.3 is 5.73 Å². The van der Waals surface area contributed by atoms with Crippen molar-refractivity contribution in [3.8, 4) is 5.69 Å². The summed E-state index contributed by atoms with van der Waals surface area (Å²) >= 11 is 1.35. The zero-order chi connectivity index (χ0) is 13.1. The number of rotatable bonds is 4. The third-order valence-corrected chi connectivity index (χ3v) is 3.62. The van der Waals surface area contributed by atoms with Crippen molar-refractivity contribution in [2.24, 2.45) is 5.73 Å². The number of nitrogens with two attached hydrogens (primary N) is 1. The summed E-state index contributed by atoms with van der Waals surface area (Å²) in [7, 11) is 0. The zero-order valence-electron chi connectivity index (χ0n) is 10.4. The standard InChI is InChI=1S/C13H15N3OS/c1-9-4-3-5-10(2)12(9)16-7-6-15-13(16)18-8-11(14)17/h3-7H,8H2,1-2H3,(H2,14,17). The van der Waals surface area contributed by atoms with Gasteiger partial charge in [0.25, 0.3) is 0 Å². The molecule has 0 radical (unpaired) electrons. The maximum atomic E-state index is 10.8. The van der Waals surface area contributed by atoms with Crippen molar-refractivity contribution in [3.05, 3.63) is 41.7 Å². The molecule has 1 heterocycles. The second-order valence-corrected chi connectivity index (χ2v) is 5.02. The first-order valence-corrected chi connectivity index (χ1v) is 6.59. The normalized spacial score (nSPS) is 10.6. The van der Waals surface area contributed by atoms with E-state index in [1.54, 1.807) is 6.20 Å². The lowest BCUT2D eigenvalue weighted by atomic mass is 10.1. The molecule has 0 aliphatic carbocycles. The molecular formula is C13H15N3OS. The zero-order valence-corrected chi connectivity index (χ0v) is 11.2. The molecule has 1 amide bonds. The van der Waals surface area contributed by atoms with Crippen LogP contribution < -0.4 is 5.73 Å². The number of aryl methyl sites for hydroxylation is 2. The van der Waals surface area contributed by atoms with E-state index >= 15 is 0 Å². The van der Waals surface area contributed by atoms with Crippen LogP contribution in [0.2, 0.25) is 0 Å². The Hall–Kier alpha value is -1.75. The van der Waals surface area contributed by atoms with Gasteiger partial charge in [0.05, 0.1) is 11.4 Å². The van der Waals surface area contributed by atoms with Gasteiger partial charge in [0.2, 0.25) is 5.91 Å². The first-order chi connectivity index (χ1) is 8.59. The average Bonchev–Trinajstić information content (AvgIpc) is 2.74. The highest BCUT2D eigenvalue weighted by Gasteiger charge is 2.10. The van der Waals surface area contributed by atoms with E-state index in [-0.39, 0.29) is 11.7 Å². The Kier molecular flexibility index (Phi) is 3.72. The number of thioether (sulfide) groups is 1. The van der Waals surface area contributed by atoms with Gasteiger partial charge in [-0.05, 0) is 25.0 Å². The molecule has 2 N–H and O–H groups in total. The maximum absolute atomic E-state index is 10.8. The molecule has 2 aromatic rings. The van der Waals surface area contributed by atoms with Gasteiger partial charge in [-0.15, -0.1) is 0 Å². The van der Waals surface area contributed by atoms with Crippen molar-refractivity contribution in [3.63, 3.8) is 0 Å². The van der Waals surface area contributed by atoms with E-state index in [2.05, 4.69) is 31.0 Å². The largest absolute Gasteiger partial charge is 0.369 e. The van der Waals surface area contributed by atoms with Gasteiger partial charge >= 0.3 is 0 Å². The number of carbonyl (C=O) groups excluding carboxylic acids is 1. The van der Waals surface area contributed by atoms with Crippen LogP contribution in [0.5, 0.6) is 0 Å². The summed E-state index contributed by atoms with van der Waals surface area (Å²) < 4.78 is 2.00. The van der Waals surface area contributed by atoms with E-state index < -0.39 is 0 Å². The van der Waals surface area contributed by atoms with E-state index in [4.69, 9.17) is 5.73 Å². The van der Waals surface area contributed by atoms with Crippen LogP contribution in [-0.4, -0.2) is 21.2 Å². The number of para-hydroxylation sites is 1. The number of hydrogen-bond acceptors (Lipinski definition) is 3. The lowest BCUT2D eigenvalue weighted by molar-refractivity contribution is -0.115. The summed E-state index contributed by atoms with van der Waals surface area (Å²) in [6.07, 6.45) is 3.63. The minimum Gasteiger partial charge on any atom is -0.369 e. The Morgan fingerprint density at radius 3 is 2.67 bits per heavy atom. The van der Waals surface area contributed by atoms with Crippen molar-refractivity contribution in [2.45, 2.75) is 19.0 Å². The van der Waals surface area contributed by atoms with Crippen molar-refractivity contribution in [1.82, 2.24) is 9.55 Å². The first-order valence-electron chi connectivity index (χ1n) is 5.60. The Balaban J connectivity index is 2.39. The molecule has 1 aromatic heterocycles. The third kappa shape index (κ3) is 2.56. The van der Waals surface area contributed by atoms with Crippen LogP contribution in [0.15, 0.2) is 35.7 Å². The second-order valence-electron chi connectivity index (χ2n) is 4.08. The molecule has 2 rings (SSSR count). The summed E-state index contributed by atoms with van der Waals surface area (Å²) in [5, 5.41) is 0.784. The predicted molar refractivity (Wildman–Crippen MR) is 73.0 cm³/mol. The molecule has 0 fully saturated rings. The topological polar surface area (TPSA) is 60.9 Å². The molecule has 1 aromatic carbocycles. The monoisotopic (exact) mass is 261 g/mol. The van der Waals surface area contributed by atoms with Gasteiger partial charge in [0.15, 0.2) is 5.16 Å². The molecule has 18 heavy (non-hydrogen) atoms. The quantitative estimate of drug-likeness (QED) is 0.857. The highest BCUT2D eigenvalue weighted by Crippen LogP contribution is 2.24. The van der Waals surface area contributed by atoms with Crippen molar-refractivity contribution in [1.29, 1.82) is 0 Å². The minimum atomic E-state index is -0.337. The predicted octanol–water partition coefficient (Wildman–Crippen LogP) is 2.07. The molecule has 5 heteroatoms. The lowest BCUT2D eigenvalue weighted by Crippen LogP contribution is -2.13. The number of amides is 1. The first kappa shape index (κ1) is 12.7. The molecule has 0 aliphatic rings. The smallest absolute Gasteiger partial charge is 0.227 e. The number of hydrogen-bond donors (Lipinski definition) is 1. The van der Waals surface area contributed by atoms with Gasteiger partial charge in [-0.25, -0.2) is 4.98 Å². The number of nitrogens with zero attached hydrogens (tertiary/aromatic N) is 2. The van der Waals surface area contributed by atoms with Gasteiger partial charge in [0.1, 0.15) is 0 Å². The van der Waals surface area contributed by atoms with Gasteiger partial charge in [0, 0.05) is 12.4 Å². The molecule has 0 aliphatic heterocycles. The highest BCUT2D eigenvalue weighted by atomic mass is 32.2. The van der Waals surface area contributed by atoms with E-state index in [0.717, 1.165) is 10.8 Å². The number of carbonyl (C=O) groups is 1. The summed E-state index contributed by atoms with van der Waals surface area (Å²) in [5.74, 6) is -0.0989. The van der Waals surface area contributed by atoms with Gasteiger partial charge in [-0.1, -0.05) is 30.0 Å². The highest BCUT2D eigenvalue weighted by molar-refractivity contribution is 7.99. The van der Waals surface area contributed by atoms with Gasteiger partial charge in [-0.2, -0.15) is 0 Å². The van der Waals surface area contributed by atoms with Gasteiger partial charge in [-0.3, -0.25) is 9.36 Å². The van der Waals surface area contributed by atoms with E-state index in [1.165, 1.54) is 22.9 Å². The van der Waals surface area contributed by atoms with Crippen LogP contribution in [-0.2, 0) is 4.79 Å². The lowest BCUT2D eigenvalue weighted by Gasteiger charge is -2.12. The molecule has 0 saturated heterocycles. The van der Waals surface area contributed by atoms with E-state index in [0.29, 0.717) is 0 Å². The fourth-order valence-corrected chi connectivity index (χ4v) is 2.59. The fraction of sp³-hybridized carbons (Fsp3) is 0.231. The van der Waals surface area contributed by atoms with Crippen LogP contribution in [0, 0.1) is 13.8 Å². The molecule has 0 saturated carbocycles. The van der Waals surface area contributed by atoms with Crippen molar-refractivity contribution in [2.75, 3.05) is 5.75 Å². The number of primary amides is 1. The fourth-order valence-electron chi connectivity index (χ4n) is 1.89. The summed E-state index contributed by atoms with van der Waals surface area (Å²) in [6.45, 7) is 4.12. The Morgan fingerprint density at radius 1 is 1.39 bits per heavy atom. The molecule has 0 bridgehead atoms. The van der Waals surface area contributed by atoms with Crippen LogP contribution >= 0.6 is 11.8 Å². The summed E-state index contributed by atoms with van der Waals surface area (Å²) in [4.78, 5) is 15.1. The van der Waals surface area contributed by atoms with Crippen molar-refractivity contribution >= 4 is 17.7 Å². The molecule has 0 unspecified atom stereocenters.